The fourth-order valence-corrected chi connectivity index (χ4v) is 5.06. The largest absolute Gasteiger partial charge is 0.496 e. The highest BCUT2D eigenvalue weighted by atomic mass is 79.9. The van der Waals surface area contributed by atoms with Gasteiger partial charge in [0.25, 0.3) is 23.4 Å². The van der Waals surface area contributed by atoms with Crippen molar-refractivity contribution >= 4 is 56.6 Å². The summed E-state index contributed by atoms with van der Waals surface area (Å²) in [5, 5.41) is 12.0. The van der Waals surface area contributed by atoms with Crippen molar-refractivity contribution in [1.29, 1.82) is 0 Å². The molecule has 2 heterocycles. The summed E-state index contributed by atoms with van der Waals surface area (Å²) in [6.45, 7) is 0. The Morgan fingerprint density at radius 3 is 2.34 bits per heavy atom. The molecule has 0 saturated carbocycles. The van der Waals surface area contributed by atoms with Crippen LogP contribution in [0.4, 0.5) is 11.4 Å². The molecule has 11 heteroatoms. The molecule has 0 spiro atoms. The zero-order chi connectivity index (χ0) is 25.0. The second-order valence-electron chi connectivity index (χ2n) is 7.90. The average Bonchev–Trinajstić information content (AvgIpc) is 3.08. The Bertz CT molecular complexity index is 1430. The van der Waals surface area contributed by atoms with Gasteiger partial charge in [-0.2, -0.15) is 0 Å². The SMILES string of the molecule is COc1ccc(Br)cc1C1C(N2C(=O)c3cccc([N+](=O)[O-])c3C2=O)C(=O)N1c1ccc(Cl)cc1. The number of imide groups is 1. The summed E-state index contributed by atoms with van der Waals surface area (Å²) in [5.41, 5.74) is 0.140. The molecule has 0 N–H and O–H groups in total. The topological polar surface area (TPSA) is 110 Å². The maximum atomic E-state index is 13.5. The minimum atomic E-state index is -1.24. The average molecular weight is 557 g/mol. The summed E-state index contributed by atoms with van der Waals surface area (Å²) in [5.74, 6) is -1.72. The molecule has 1 fully saturated rings. The Morgan fingerprint density at radius 2 is 1.69 bits per heavy atom. The number of nitrogens with zero attached hydrogens (tertiary/aromatic N) is 3. The number of amides is 3. The van der Waals surface area contributed by atoms with Crippen LogP contribution in [0.3, 0.4) is 0 Å². The summed E-state index contributed by atoms with van der Waals surface area (Å²) in [6, 6.07) is 13.6. The van der Waals surface area contributed by atoms with Crippen molar-refractivity contribution in [2.45, 2.75) is 12.1 Å². The second-order valence-corrected chi connectivity index (χ2v) is 9.25. The van der Waals surface area contributed by atoms with E-state index in [1.165, 1.54) is 24.1 Å². The van der Waals surface area contributed by atoms with Crippen molar-refractivity contribution in [3.63, 3.8) is 0 Å². The number of benzene rings is 3. The Balaban J connectivity index is 1.65. The van der Waals surface area contributed by atoms with Gasteiger partial charge in [0.15, 0.2) is 0 Å². The van der Waals surface area contributed by atoms with Crippen LogP contribution in [0.2, 0.25) is 5.02 Å². The van der Waals surface area contributed by atoms with E-state index in [-0.39, 0.29) is 11.1 Å². The Kier molecular flexibility index (Phi) is 5.57. The van der Waals surface area contributed by atoms with E-state index >= 15 is 0 Å². The number of ether oxygens (including phenoxy) is 1. The molecule has 2 aliphatic rings. The van der Waals surface area contributed by atoms with E-state index in [2.05, 4.69) is 15.9 Å². The van der Waals surface area contributed by atoms with Crippen LogP contribution in [0.25, 0.3) is 0 Å². The minimum Gasteiger partial charge on any atom is -0.496 e. The van der Waals surface area contributed by atoms with Crippen molar-refractivity contribution in [3.8, 4) is 5.75 Å². The van der Waals surface area contributed by atoms with Gasteiger partial charge in [0.05, 0.1) is 23.6 Å². The third-order valence-corrected chi connectivity index (χ3v) is 6.83. The number of nitro benzene ring substituents is 1. The number of fused-ring (bicyclic) bond motifs is 1. The van der Waals surface area contributed by atoms with Crippen molar-refractivity contribution in [2.75, 3.05) is 12.0 Å². The Morgan fingerprint density at radius 1 is 0.971 bits per heavy atom. The molecule has 3 amide bonds. The molecular formula is C24H15BrClN3O6. The van der Waals surface area contributed by atoms with E-state index < -0.39 is 40.4 Å². The van der Waals surface area contributed by atoms with Crippen molar-refractivity contribution in [3.05, 3.63) is 97.0 Å². The fraction of sp³-hybridized carbons (Fsp3) is 0.125. The smallest absolute Gasteiger partial charge is 0.282 e. The van der Waals surface area contributed by atoms with Gasteiger partial charge in [-0.25, -0.2) is 0 Å². The molecule has 2 aliphatic heterocycles. The molecule has 5 rings (SSSR count). The van der Waals surface area contributed by atoms with Gasteiger partial charge in [0.1, 0.15) is 17.4 Å². The van der Waals surface area contributed by atoms with Gasteiger partial charge in [-0.05, 0) is 48.5 Å². The third kappa shape index (κ3) is 3.48. The quantitative estimate of drug-likeness (QED) is 0.194. The number of rotatable bonds is 5. The summed E-state index contributed by atoms with van der Waals surface area (Å²) < 4.78 is 6.21. The summed E-state index contributed by atoms with van der Waals surface area (Å²) in [4.78, 5) is 53.3. The van der Waals surface area contributed by atoms with Crippen molar-refractivity contribution in [2.24, 2.45) is 0 Å². The number of hydrogen-bond acceptors (Lipinski definition) is 6. The number of methoxy groups -OCH3 is 1. The highest BCUT2D eigenvalue weighted by Crippen LogP contribution is 2.48. The molecule has 0 aromatic heterocycles. The Labute approximate surface area is 212 Å². The summed E-state index contributed by atoms with van der Waals surface area (Å²) >= 11 is 9.44. The summed E-state index contributed by atoms with van der Waals surface area (Å²) in [6.07, 6.45) is 0. The molecule has 1 saturated heterocycles. The van der Waals surface area contributed by atoms with Gasteiger partial charge in [-0.3, -0.25) is 29.4 Å². The van der Waals surface area contributed by atoms with Gasteiger partial charge in [0.2, 0.25) is 0 Å². The zero-order valence-electron chi connectivity index (χ0n) is 18.0. The van der Waals surface area contributed by atoms with Gasteiger partial charge in [-0.15, -0.1) is 0 Å². The number of anilines is 1. The van der Waals surface area contributed by atoms with Crippen LogP contribution in [0, 0.1) is 10.1 Å². The Hall–Kier alpha value is -3.76. The molecule has 2 atom stereocenters. The summed E-state index contributed by atoms with van der Waals surface area (Å²) in [7, 11) is 1.47. The van der Waals surface area contributed by atoms with Gasteiger partial charge in [0, 0.05) is 26.8 Å². The lowest BCUT2D eigenvalue weighted by atomic mass is 9.85. The van der Waals surface area contributed by atoms with E-state index in [1.807, 2.05) is 0 Å². The first-order chi connectivity index (χ1) is 16.7. The number of carbonyl (C=O) groups is 3. The van der Waals surface area contributed by atoms with E-state index in [0.717, 1.165) is 11.0 Å². The standard InChI is InChI=1S/C24H15BrClN3O6/c1-35-18-10-5-12(25)11-16(18)20-21(24(32)27(20)14-8-6-13(26)7-9-14)28-22(30)15-3-2-4-17(29(33)34)19(15)23(28)31/h2-11,20-21H,1H3. The highest BCUT2D eigenvalue weighted by molar-refractivity contribution is 9.10. The van der Waals surface area contributed by atoms with Gasteiger partial charge in [-0.1, -0.05) is 33.6 Å². The maximum Gasteiger partial charge on any atom is 0.282 e. The molecule has 0 bridgehead atoms. The molecule has 3 aromatic rings. The molecular weight excluding hydrogens is 542 g/mol. The molecule has 9 nitrogen and oxygen atoms in total. The number of hydrogen-bond donors (Lipinski definition) is 0. The van der Waals surface area contributed by atoms with Crippen LogP contribution in [-0.4, -0.2) is 40.7 Å². The molecule has 2 unspecified atom stereocenters. The molecule has 0 radical (unpaired) electrons. The first-order valence-electron chi connectivity index (χ1n) is 10.3. The predicted molar refractivity (Wildman–Crippen MR) is 130 cm³/mol. The number of nitro groups is 1. The number of carbonyl (C=O) groups excluding carboxylic acids is 3. The monoisotopic (exact) mass is 555 g/mol. The highest BCUT2D eigenvalue weighted by Gasteiger charge is 2.59. The van der Waals surface area contributed by atoms with Crippen LogP contribution in [0.15, 0.2) is 65.1 Å². The van der Waals surface area contributed by atoms with E-state index in [0.29, 0.717) is 26.5 Å². The minimum absolute atomic E-state index is 0.109. The van der Waals surface area contributed by atoms with Crippen LogP contribution < -0.4 is 9.64 Å². The molecule has 35 heavy (non-hydrogen) atoms. The fourth-order valence-electron chi connectivity index (χ4n) is 4.55. The maximum absolute atomic E-state index is 13.5. The van der Waals surface area contributed by atoms with Crippen LogP contribution in [-0.2, 0) is 4.79 Å². The van der Waals surface area contributed by atoms with E-state index in [1.54, 1.807) is 42.5 Å². The zero-order valence-corrected chi connectivity index (χ0v) is 20.3. The lowest BCUT2D eigenvalue weighted by Gasteiger charge is -2.50. The third-order valence-electron chi connectivity index (χ3n) is 6.08. The van der Waals surface area contributed by atoms with E-state index in [9.17, 15) is 24.5 Å². The lowest BCUT2D eigenvalue weighted by molar-refractivity contribution is -0.385. The molecule has 0 aliphatic carbocycles. The number of halogens is 2. The van der Waals surface area contributed by atoms with Crippen LogP contribution in [0.5, 0.6) is 5.75 Å². The van der Waals surface area contributed by atoms with E-state index in [4.69, 9.17) is 16.3 Å². The normalized spacial score (nSPS) is 19.0. The van der Waals surface area contributed by atoms with Crippen molar-refractivity contribution in [1.82, 2.24) is 4.90 Å². The first-order valence-corrected chi connectivity index (χ1v) is 11.5. The van der Waals surface area contributed by atoms with Gasteiger partial charge >= 0.3 is 0 Å². The van der Waals surface area contributed by atoms with Crippen LogP contribution >= 0.6 is 27.5 Å². The second kappa shape index (κ2) is 8.47. The van der Waals surface area contributed by atoms with Crippen LogP contribution in [0.1, 0.15) is 32.3 Å². The predicted octanol–water partition coefficient (Wildman–Crippen LogP) is 4.77. The van der Waals surface area contributed by atoms with Gasteiger partial charge < -0.3 is 9.64 Å². The first kappa shape index (κ1) is 23.0. The molecule has 3 aromatic carbocycles. The molecule has 176 valence electrons. The lowest BCUT2D eigenvalue weighted by Crippen LogP contribution is -2.67. The number of β-lactam (4-membered cyclic amide) rings is 1. The van der Waals surface area contributed by atoms with Crippen molar-refractivity contribution < 1.29 is 24.0 Å².